The van der Waals surface area contributed by atoms with Gasteiger partial charge in [0, 0.05) is 0 Å². The Morgan fingerprint density at radius 1 is 0.700 bits per heavy atom. The van der Waals surface area contributed by atoms with Crippen molar-refractivity contribution in [2.75, 3.05) is 0 Å². The number of rotatable bonds is 2. The molecule has 0 aliphatic heterocycles. The number of benzene rings is 2. The summed E-state index contributed by atoms with van der Waals surface area (Å²) in [4.78, 5) is 20.6. The maximum absolute atomic E-state index is 12.0. The second-order valence-corrected chi connectivity index (χ2v) is 5.03. The Morgan fingerprint density at radius 2 is 0.967 bits per heavy atom. The van der Waals surface area contributed by atoms with E-state index in [2.05, 4.69) is 0 Å². The van der Waals surface area contributed by atoms with Gasteiger partial charge in [0.25, 0.3) is 0 Å². The van der Waals surface area contributed by atoms with Crippen molar-refractivity contribution in [3.63, 3.8) is 0 Å². The molecule has 0 amide bonds. The molecule has 0 aliphatic rings. The fraction of sp³-hybridized carbons (Fsp3) is 0.125. The number of carboxylic acid groups (broad SMARTS) is 2. The van der Waals surface area contributed by atoms with Crippen molar-refractivity contribution in [1.82, 2.24) is 0 Å². The number of carbonyl (C=O) groups is 2. The van der Waals surface area contributed by atoms with Crippen LogP contribution in [0.4, 0.5) is 26.3 Å². The largest absolute Gasteiger partial charge is 1.00 e. The van der Waals surface area contributed by atoms with Gasteiger partial charge in [-0.15, -0.1) is 0 Å². The molecular weight excluding hydrogens is 527 g/mol. The Bertz CT molecular complexity index is 827. The first-order valence-electron chi connectivity index (χ1n) is 6.87. The summed E-state index contributed by atoms with van der Waals surface area (Å²) in [5, 5.41) is 38.5. The SMILES string of the molecule is O=C(O)c1ccc(C(F)(F)F)cc1[O-].O=C(O)c1ccc(C(F)(F)F)cc1[O-].[K+].[Rb+]. The van der Waals surface area contributed by atoms with Crippen LogP contribution in [0.2, 0.25) is 0 Å². The fourth-order valence-corrected chi connectivity index (χ4v) is 1.75. The first-order valence-corrected chi connectivity index (χ1v) is 6.87. The predicted molar refractivity (Wildman–Crippen MR) is 75.7 cm³/mol. The average molecular weight is 535 g/mol. The Labute approximate surface area is 256 Å². The summed E-state index contributed by atoms with van der Waals surface area (Å²) in [5.74, 6) is -5.37. The van der Waals surface area contributed by atoms with E-state index in [1.165, 1.54) is 0 Å². The molecule has 0 spiro atoms. The van der Waals surface area contributed by atoms with Crippen LogP contribution < -0.4 is 120 Å². The maximum Gasteiger partial charge on any atom is 1.00 e. The van der Waals surface area contributed by atoms with E-state index in [4.69, 9.17) is 10.2 Å². The molecular formula is C16H8F6KO6Rb. The summed E-state index contributed by atoms with van der Waals surface area (Å²) < 4.78 is 72.1. The summed E-state index contributed by atoms with van der Waals surface area (Å²) in [6.45, 7) is 0. The summed E-state index contributed by atoms with van der Waals surface area (Å²) in [5.41, 5.74) is -3.63. The number of alkyl halides is 6. The minimum absolute atomic E-state index is 0. The van der Waals surface area contributed by atoms with Crippen LogP contribution >= 0.6 is 0 Å². The van der Waals surface area contributed by atoms with Gasteiger partial charge in [0.1, 0.15) is 0 Å². The van der Waals surface area contributed by atoms with E-state index in [0.29, 0.717) is 24.3 Å². The second-order valence-electron chi connectivity index (χ2n) is 5.03. The zero-order valence-electron chi connectivity index (χ0n) is 15.3. The number of halogens is 6. The Hall–Kier alpha value is 0.00156. The summed E-state index contributed by atoms with van der Waals surface area (Å²) in [6, 6.07) is 2.95. The molecule has 0 aromatic heterocycles. The van der Waals surface area contributed by atoms with Gasteiger partial charge in [0.2, 0.25) is 0 Å². The van der Waals surface area contributed by atoms with Crippen LogP contribution in [0.3, 0.4) is 0 Å². The Kier molecular flexibility index (Phi) is 13.8. The van der Waals surface area contributed by atoms with Gasteiger partial charge in [0.15, 0.2) is 0 Å². The molecule has 30 heavy (non-hydrogen) atoms. The Morgan fingerprint density at radius 3 is 1.13 bits per heavy atom. The third-order valence-electron chi connectivity index (χ3n) is 3.08. The van der Waals surface area contributed by atoms with Crippen LogP contribution in [-0.2, 0) is 12.4 Å². The van der Waals surface area contributed by atoms with Crippen LogP contribution in [0, 0.1) is 0 Å². The van der Waals surface area contributed by atoms with Gasteiger partial charge in [-0.25, -0.2) is 9.59 Å². The van der Waals surface area contributed by atoms with Gasteiger partial charge >= 0.3 is 134 Å². The van der Waals surface area contributed by atoms with Crippen molar-refractivity contribution in [2.45, 2.75) is 12.4 Å². The summed E-state index contributed by atoms with van der Waals surface area (Å²) in [6.07, 6.45) is -9.26. The molecule has 6 nitrogen and oxygen atoms in total. The van der Waals surface area contributed by atoms with Gasteiger partial charge in [-0.1, -0.05) is 23.6 Å². The van der Waals surface area contributed by atoms with E-state index >= 15 is 0 Å². The third-order valence-corrected chi connectivity index (χ3v) is 3.08. The standard InChI is InChI=1S/2C8H5F3O3.K.Rb/c2*9-8(10,11)4-1-2-5(7(13)14)6(12)3-4;;/h2*1-3,12H,(H,13,14);;/q;;2*+1/p-2. The van der Waals surface area contributed by atoms with Crippen molar-refractivity contribution in [1.29, 1.82) is 0 Å². The van der Waals surface area contributed by atoms with Gasteiger partial charge in [-0.3, -0.25) is 0 Å². The predicted octanol–water partition coefficient (Wildman–Crippen LogP) is -3.04. The molecule has 2 rings (SSSR count). The molecule has 0 bridgehead atoms. The summed E-state index contributed by atoms with van der Waals surface area (Å²) in [7, 11) is 0. The van der Waals surface area contributed by atoms with Gasteiger partial charge in [-0.2, -0.15) is 26.3 Å². The molecule has 0 radical (unpaired) electrons. The molecule has 0 fully saturated rings. The first kappa shape index (κ1) is 32.2. The van der Waals surface area contributed by atoms with E-state index in [1.807, 2.05) is 0 Å². The van der Waals surface area contributed by atoms with E-state index in [9.17, 15) is 46.1 Å². The van der Waals surface area contributed by atoms with E-state index < -0.39 is 58.0 Å². The minimum Gasteiger partial charge on any atom is -0.872 e. The molecule has 0 saturated carbocycles. The molecule has 0 atom stereocenters. The van der Waals surface area contributed by atoms with E-state index in [1.54, 1.807) is 0 Å². The number of carboxylic acids is 2. The number of aromatic carboxylic acids is 2. The molecule has 2 aromatic carbocycles. The number of hydrogen-bond acceptors (Lipinski definition) is 4. The van der Waals surface area contributed by atoms with Gasteiger partial charge in [-0.05, 0) is 24.3 Å². The zero-order valence-corrected chi connectivity index (χ0v) is 23.3. The smallest absolute Gasteiger partial charge is 0.872 e. The molecule has 2 N–H and O–H groups in total. The van der Waals surface area contributed by atoms with Crippen LogP contribution in [0.1, 0.15) is 31.8 Å². The molecule has 14 heteroatoms. The minimum atomic E-state index is -4.63. The molecule has 0 unspecified atom stereocenters. The van der Waals surface area contributed by atoms with E-state index in [-0.39, 0.29) is 122 Å². The van der Waals surface area contributed by atoms with Gasteiger partial charge < -0.3 is 20.4 Å². The molecule has 0 saturated heterocycles. The van der Waals surface area contributed by atoms with Crippen LogP contribution in [0.25, 0.3) is 0 Å². The van der Waals surface area contributed by atoms with Crippen molar-refractivity contribution < 1.29 is 166 Å². The fourth-order valence-electron chi connectivity index (χ4n) is 1.75. The topological polar surface area (TPSA) is 121 Å². The van der Waals surface area contributed by atoms with Crippen molar-refractivity contribution in [3.05, 3.63) is 58.7 Å². The quantitative estimate of drug-likeness (QED) is 0.312. The molecule has 152 valence electrons. The van der Waals surface area contributed by atoms with Crippen molar-refractivity contribution >= 4 is 11.9 Å². The van der Waals surface area contributed by atoms with Gasteiger partial charge in [0.05, 0.1) is 22.3 Å². The van der Waals surface area contributed by atoms with Crippen molar-refractivity contribution in [3.8, 4) is 11.5 Å². The molecule has 2 aromatic rings. The molecule has 0 heterocycles. The van der Waals surface area contributed by atoms with Crippen molar-refractivity contribution in [2.24, 2.45) is 0 Å². The first-order chi connectivity index (χ1) is 12.6. The van der Waals surface area contributed by atoms with Crippen LogP contribution in [0.5, 0.6) is 11.5 Å². The third kappa shape index (κ3) is 9.65. The maximum atomic E-state index is 12.0. The average Bonchev–Trinajstić information content (AvgIpc) is 2.52. The Balaban J connectivity index is 0. The monoisotopic (exact) mass is 534 g/mol. The summed E-state index contributed by atoms with van der Waals surface area (Å²) >= 11 is 0. The van der Waals surface area contributed by atoms with Crippen LogP contribution in [0.15, 0.2) is 36.4 Å². The van der Waals surface area contributed by atoms with Crippen LogP contribution in [-0.4, -0.2) is 22.2 Å². The zero-order chi connectivity index (χ0) is 21.9. The second kappa shape index (κ2) is 12.9. The molecule has 0 aliphatic carbocycles. The normalized spacial score (nSPS) is 10.6. The number of hydrogen-bond donors (Lipinski definition) is 2. The van der Waals surface area contributed by atoms with E-state index in [0.717, 1.165) is 0 Å².